The van der Waals surface area contributed by atoms with Gasteiger partial charge in [0.2, 0.25) is 11.8 Å². The van der Waals surface area contributed by atoms with E-state index < -0.39 is 89.0 Å². The molecule has 2 aromatic heterocycles. The van der Waals surface area contributed by atoms with Gasteiger partial charge in [0.25, 0.3) is 11.8 Å². The van der Waals surface area contributed by atoms with Gasteiger partial charge in [-0.3, -0.25) is 29.1 Å². The lowest BCUT2D eigenvalue weighted by Gasteiger charge is -2.30. The Morgan fingerprint density at radius 2 is 1.14 bits per heavy atom. The molecule has 2 aliphatic rings. The Morgan fingerprint density at radius 3 is 1.56 bits per heavy atom. The van der Waals surface area contributed by atoms with Crippen molar-refractivity contribution in [3.05, 3.63) is 128 Å². The van der Waals surface area contributed by atoms with Crippen LogP contribution in [0.2, 0.25) is 10.0 Å². The van der Waals surface area contributed by atoms with Crippen molar-refractivity contribution in [3.63, 3.8) is 0 Å². The van der Waals surface area contributed by atoms with Crippen LogP contribution in [0, 0.1) is 22.5 Å². The Bertz CT molecular complexity index is 2610. The normalized spacial score (nSPS) is 16.6. The lowest BCUT2D eigenvalue weighted by atomic mass is 9.82. The van der Waals surface area contributed by atoms with Crippen LogP contribution in [0.4, 0.5) is 35.1 Å². The number of likely N-dealkylation sites (N-methyl/N-ethyl adjacent to an activating group) is 2. The Kier molecular flexibility index (Phi) is 17.7. The summed E-state index contributed by atoms with van der Waals surface area (Å²) in [6.45, 7) is -0.230. The summed E-state index contributed by atoms with van der Waals surface area (Å²) in [6, 6.07) is 11.7. The van der Waals surface area contributed by atoms with Crippen LogP contribution in [-0.4, -0.2) is 116 Å². The fourth-order valence-corrected chi connectivity index (χ4v) is 9.51. The summed E-state index contributed by atoms with van der Waals surface area (Å²) in [6.07, 6.45) is -9.04. The maximum absolute atomic E-state index is 15.9. The second-order valence-electron chi connectivity index (χ2n) is 19.1. The Morgan fingerprint density at radius 1 is 0.653 bits per heavy atom. The van der Waals surface area contributed by atoms with Crippen molar-refractivity contribution in [1.29, 1.82) is 0 Å². The Hall–Kier alpha value is -5.44. The third-order valence-corrected chi connectivity index (χ3v) is 14.6. The molecule has 22 heteroatoms. The van der Waals surface area contributed by atoms with E-state index >= 15 is 4.39 Å². The van der Waals surface area contributed by atoms with Crippen LogP contribution in [0.15, 0.2) is 67.0 Å². The van der Waals surface area contributed by atoms with E-state index in [1.807, 2.05) is 4.90 Å². The molecule has 0 radical (unpaired) electrons. The van der Waals surface area contributed by atoms with Crippen LogP contribution in [0.1, 0.15) is 99.2 Å². The molecule has 2 aliphatic carbocycles. The SMILES string of the molecule is CNC(=O)c1ccc(C[C@@H](CNC(=O)CC(c2ncc(CNC(=O)c3ccc(C[C@@H](CNC(=O)CC(c4ccc(F)cn4)C4(C(F)(F)F)CC4)N(C)C)c(Cl)c3)cc2F)C2(C(F)(F)F)CC2)N(C)C)c(Cl)c1. The van der Waals surface area contributed by atoms with E-state index in [1.54, 1.807) is 51.3 Å². The zero-order chi connectivity index (χ0) is 52.9. The number of carbonyl (C=O) groups is 4. The van der Waals surface area contributed by atoms with Gasteiger partial charge in [0.1, 0.15) is 11.6 Å². The fraction of sp³-hybridized carbons (Fsp3) is 0.480. The highest BCUT2D eigenvalue weighted by molar-refractivity contribution is 6.32. The van der Waals surface area contributed by atoms with Gasteiger partial charge in [-0.25, -0.2) is 8.78 Å². The minimum absolute atomic E-state index is 0.0182. The van der Waals surface area contributed by atoms with E-state index in [9.17, 15) is 49.9 Å². The first kappa shape index (κ1) is 55.9. The Balaban J connectivity index is 1.06. The maximum atomic E-state index is 15.9. The molecule has 4 amide bonds. The lowest BCUT2D eigenvalue weighted by Crippen LogP contribution is -2.43. The van der Waals surface area contributed by atoms with Crippen molar-refractivity contribution in [2.24, 2.45) is 10.8 Å². The van der Waals surface area contributed by atoms with Crippen LogP contribution < -0.4 is 21.3 Å². The van der Waals surface area contributed by atoms with Crippen LogP contribution in [0.3, 0.4) is 0 Å². The molecule has 2 unspecified atom stereocenters. The Labute approximate surface area is 422 Å². The van der Waals surface area contributed by atoms with Gasteiger partial charge >= 0.3 is 12.4 Å². The first-order valence-electron chi connectivity index (χ1n) is 23.1. The third kappa shape index (κ3) is 13.2. The number of aromatic nitrogens is 2. The molecule has 390 valence electrons. The molecule has 12 nitrogen and oxygen atoms in total. The summed E-state index contributed by atoms with van der Waals surface area (Å²) in [7, 11) is 8.48. The van der Waals surface area contributed by atoms with Gasteiger partial charge in [0.15, 0.2) is 0 Å². The van der Waals surface area contributed by atoms with Crippen molar-refractivity contribution >= 4 is 46.8 Å². The van der Waals surface area contributed by atoms with Gasteiger partial charge in [-0.1, -0.05) is 35.3 Å². The van der Waals surface area contributed by atoms with Crippen LogP contribution in [-0.2, 0) is 29.0 Å². The van der Waals surface area contributed by atoms with Gasteiger partial charge in [-0.15, -0.1) is 0 Å². The average molecular weight is 1060 g/mol. The van der Waals surface area contributed by atoms with Crippen LogP contribution in [0.5, 0.6) is 0 Å². The molecular weight excluding hydrogens is 999 g/mol. The minimum atomic E-state index is -4.76. The number of benzene rings is 2. The summed E-state index contributed by atoms with van der Waals surface area (Å²) < 4.78 is 116. The number of alkyl halides is 6. The molecule has 2 aromatic carbocycles. The molecule has 0 bridgehead atoms. The van der Waals surface area contributed by atoms with Gasteiger partial charge in [0.05, 0.1) is 22.7 Å². The smallest absolute Gasteiger partial charge is 0.355 e. The van der Waals surface area contributed by atoms with E-state index in [1.165, 1.54) is 31.3 Å². The molecule has 72 heavy (non-hydrogen) atoms. The monoisotopic (exact) mass is 1050 g/mol. The topological polar surface area (TPSA) is 149 Å². The summed E-state index contributed by atoms with van der Waals surface area (Å²) >= 11 is 13.1. The van der Waals surface area contributed by atoms with Gasteiger partial charge < -0.3 is 31.1 Å². The highest BCUT2D eigenvalue weighted by Crippen LogP contribution is 2.67. The number of pyridine rings is 2. The molecule has 4 atom stereocenters. The van der Waals surface area contributed by atoms with Crippen LogP contribution in [0.25, 0.3) is 0 Å². The van der Waals surface area contributed by atoms with Crippen molar-refractivity contribution < 1.29 is 54.3 Å². The van der Waals surface area contributed by atoms with E-state index in [2.05, 4.69) is 31.2 Å². The second-order valence-corrected chi connectivity index (χ2v) is 19.9. The number of nitrogens with zero attached hydrogens (tertiary/aromatic N) is 4. The molecule has 2 fully saturated rings. The molecule has 0 spiro atoms. The molecular formula is C50H56Cl2F8N8O4. The first-order chi connectivity index (χ1) is 33.8. The highest BCUT2D eigenvalue weighted by Gasteiger charge is 2.69. The fourth-order valence-electron chi connectivity index (χ4n) is 9.00. The number of halogens is 10. The summed E-state index contributed by atoms with van der Waals surface area (Å²) in [5.41, 5.74) is -3.20. The molecule has 4 aromatic rings. The van der Waals surface area contributed by atoms with Gasteiger partial charge in [-0.2, -0.15) is 26.3 Å². The predicted octanol–water partition coefficient (Wildman–Crippen LogP) is 8.56. The summed E-state index contributed by atoms with van der Waals surface area (Å²) in [5.74, 6) is -7.09. The van der Waals surface area contributed by atoms with Crippen molar-refractivity contribution in [2.45, 2.75) is 94.2 Å². The highest BCUT2D eigenvalue weighted by atomic mass is 35.5. The number of carbonyl (C=O) groups excluding carboxylic acids is 4. The van der Waals surface area contributed by atoms with E-state index in [0.29, 0.717) is 28.1 Å². The second kappa shape index (κ2) is 22.8. The molecule has 0 aliphatic heterocycles. The maximum Gasteiger partial charge on any atom is 0.395 e. The first-order valence-corrected chi connectivity index (χ1v) is 23.9. The van der Waals surface area contributed by atoms with E-state index in [0.717, 1.165) is 24.5 Å². The zero-order valence-electron chi connectivity index (χ0n) is 40.1. The van der Waals surface area contributed by atoms with Crippen LogP contribution >= 0.6 is 23.2 Å². The van der Waals surface area contributed by atoms with Gasteiger partial charge in [0, 0.05) is 96.5 Å². The largest absolute Gasteiger partial charge is 0.395 e. The van der Waals surface area contributed by atoms with Crippen molar-refractivity contribution in [2.75, 3.05) is 48.3 Å². The van der Waals surface area contributed by atoms with Crippen molar-refractivity contribution in [1.82, 2.24) is 41.0 Å². The zero-order valence-corrected chi connectivity index (χ0v) is 41.7. The summed E-state index contributed by atoms with van der Waals surface area (Å²) in [4.78, 5) is 63.4. The lowest BCUT2D eigenvalue weighted by molar-refractivity contribution is -0.196. The number of hydrogen-bond donors (Lipinski definition) is 4. The average Bonchev–Trinajstić information content (AvgIpc) is 4.26. The van der Waals surface area contributed by atoms with Crippen molar-refractivity contribution in [3.8, 4) is 0 Å². The molecule has 6 rings (SSSR count). The van der Waals surface area contributed by atoms with E-state index in [4.69, 9.17) is 23.2 Å². The number of rotatable bonds is 22. The molecule has 2 heterocycles. The summed E-state index contributed by atoms with van der Waals surface area (Å²) in [5, 5.41) is 11.1. The number of hydrogen-bond acceptors (Lipinski definition) is 8. The predicted molar refractivity (Wildman–Crippen MR) is 254 cm³/mol. The van der Waals surface area contributed by atoms with E-state index in [-0.39, 0.29) is 85.5 Å². The molecule has 4 N–H and O–H groups in total. The molecule has 0 saturated heterocycles. The quantitative estimate of drug-likeness (QED) is 0.0573. The minimum Gasteiger partial charge on any atom is -0.355 e. The van der Waals surface area contributed by atoms with Gasteiger partial charge in [-0.05, 0) is 126 Å². The number of nitrogens with one attached hydrogen (secondary N) is 4. The standard InChI is InChI=1S/C50H56Cl2F8N8O4/c1-61-45(71)31-8-6-29(38(51)19-31)17-35(68(4)5)27-64-43(70)22-37(48(14-15-48)50(58,59)60)44-40(54)16-28(23-65-44)24-66-46(72)32-9-7-30(39(52)20-32)18-34(67(2)3)26-63-42(69)21-36(41-11-10-33(53)25-62-41)47(12-13-47)49(55,56)57/h6-11,16,19-20,23,25,34-37H,12-15,17-18,21-22,24,26-27H2,1-5H3,(H,61,71)(H,63,69)(H,64,70)(H,66,72)/t34-,35-,36?,37?/m0/s1. The molecule has 2 saturated carbocycles. The number of amides is 4. The third-order valence-electron chi connectivity index (χ3n) is 13.9.